The van der Waals surface area contributed by atoms with Crippen molar-refractivity contribution in [2.24, 2.45) is 0 Å². The van der Waals surface area contributed by atoms with Gasteiger partial charge in [-0.15, -0.1) is 5.12 Å². The summed E-state index contributed by atoms with van der Waals surface area (Å²) in [6.07, 6.45) is 7.33. The van der Waals surface area contributed by atoms with Crippen LogP contribution >= 0.6 is 0 Å². The van der Waals surface area contributed by atoms with E-state index in [1.807, 2.05) is 11.9 Å². The van der Waals surface area contributed by atoms with Gasteiger partial charge in [-0.3, -0.25) is 24.8 Å². The number of hydrogen-bond acceptors (Lipinski definition) is 10. The Bertz CT molecular complexity index is 429. The Morgan fingerprint density at radius 3 is 1.45 bits per heavy atom. The minimum Gasteiger partial charge on any atom is -0.481 e. The van der Waals surface area contributed by atoms with Gasteiger partial charge >= 0.3 is 0 Å². The molecule has 0 radical (unpaired) electrons. The van der Waals surface area contributed by atoms with Crippen LogP contribution in [0.4, 0.5) is 0 Å². The van der Waals surface area contributed by atoms with Crippen molar-refractivity contribution in [2.75, 3.05) is 26.4 Å². The van der Waals surface area contributed by atoms with Crippen LogP contribution in [-0.4, -0.2) is 95.7 Å². The van der Waals surface area contributed by atoms with Gasteiger partial charge in [-0.25, -0.2) is 5.01 Å². The molecule has 1 heterocycles. The maximum Gasteiger partial charge on any atom is 0.300 e. The first-order chi connectivity index (χ1) is 14.4. The highest BCUT2D eigenvalue weighted by atomic mass is 16.7. The first-order valence-electron chi connectivity index (χ1n) is 10.1. The molecule has 0 aromatic carbocycles. The SMILES string of the molecule is CC(=O)O.CC(=O)O.CC(=O)O.CCCN1CCCCCCCCN(O)N(O)N1CO. The minimum atomic E-state index is -0.833. The zero-order chi connectivity index (χ0) is 24.8. The van der Waals surface area contributed by atoms with Gasteiger partial charge in [0.1, 0.15) is 6.73 Å². The van der Waals surface area contributed by atoms with Crippen molar-refractivity contribution in [1.29, 1.82) is 0 Å². The van der Waals surface area contributed by atoms with Gasteiger partial charge in [0.15, 0.2) is 0 Å². The lowest BCUT2D eigenvalue weighted by atomic mass is 10.1. The summed E-state index contributed by atoms with van der Waals surface area (Å²) in [5.41, 5.74) is 0. The summed E-state index contributed by atoms with van der Waals surface area (Å²) in [5.74, 6) is -2.50. The van der Waals surface area contributed by atoms with E-state index in [-0.39, 0.29) is 6.73 Å². The standard InChI is InChI=1S/C12H28N4O3.3C2H4O2/c1-2-9-13-10-7-5-3-4-6-8-11-15(18)16(19)14(13)12-17;3*1-2(3)4/h17-19H,2-12H2,1H3;3*1H3,(H,3,4). The summed E-state index contributed by atoms with van der Waals surface area (Å²) in [6.45, 7) is 6.77. The zero-order valence-electron chi connectivity index (χ0n) is 19.0. The summed E-state index contributed by atoms with van der Waals surface area (Å²) >= 11 is 0. The number of hydroxylamine groups is 1. The van der Waals surface area contributed by atoms with Gasteiger partial charge in [0.05, 0.1) is 0 Å². The molecule has 0 saturated carbocycles. The van der Waals surface area contributed by atoms with Crippen LogP contribution in [0.2, 0.25) is 0 Å². The van der Waals surface area contributed by atoms with Crippen LogP contribution in [0.25, 0.3) is 0 Å². The molecule has 186 valence electrons. The number of hydrazine groups is 3. The Morgan fingerprint density at radius 1 is 0.742 bits per heavy atom. The monoisotopic (exact) mass is 456 g/mol. The van der Waals surface area contributed by atoms with Gasteiger partial charge in [-0.2, -0.15) is 0 Å². The van der Waals surface area contributed by atoms with E-state index in [1.165, 1.54) is 11.5 Å². The Labute approximate surface area is 183 Å². The largest absolute Gasteiger partial charge is 0.481 e. The Hall–Kier alpha value is -1.87. The Kier molecular flexibility index (Phi) is 24.8. The van der Waals surface area contributed by atoms with E-state index in [0.717, 1.165) is 77.6 Å². The van der Waals surface area contributed by atoms with Crippen molar-refractivity contribution in [3.8, 4) is 0 Å². The summed E-state index contributed by atoms with van der Waals surface area (Å²) in [7, 11) is 0. The third kappa shape index (κ3) is 28.1. The molecule has 0 aromatic heterocycles. The average molecular weight is 457 g/mol. The quantitative estimate of drug-likeness (QED) is 0.361. The van der Waals surface area contributed by atoms with Crippen LogP contribution in [0.15, 0.2) is 0 Å². The van der Waals surface area contributed by atoms with Gasteiger partial charge in [0.2, 0.25) is 0 Å². The molecule has 1 aliphatic heterocycles. The Morgan fingerprint density at radius 2 is 1.10 bits per heavy atom. The second-order valence-corrected chi connectivity index (χ2v) is 6.51. The molecule has 13 heteroatoms. The van der Waals surface area contributed by atoms with E-state index in [9.17, 15) is 15.5 Å². The first-order valence-corrected chi connectivity index (χ1v) is 10.1. The number of carbonyl (C=O) groups is 3. The highest BCUT2D eigenvalue weighted by molar-refractivity contribution is 5.63. The van der Waals surface area contributed by atoms with Crippen molar-refractivity contribution in [2.45, 2.75) is 72.6 Å². The maximum atomic E-state index is 9.95. The van der Waals surface area contributed by atoms with Crippen LogP contribution in [0.1, 0.15) is 72.6 Å². The summed E-state index contributed by atoms with van der Waals surface area (Å²) < 4.78 is 0. The predicted molar refractivity (Wildman–Crippen MR) is 111 cm³/mol. The molecule has 1 aliphatic rings. The van der Waals surface area contributed by atoms with Crippen LogP contribution in [0.3, 0.4) is 0 Å². The third-order valence-corrected chi connectivity index (χ3v) is 3.37. The second kappa shape index (κ2) is 22.8. The first kappa shape index (κ1) is 33.8. The van der Waals surface area contributed by atoms with Crippen molar-refractivity contribution in [3.63, 3.8) is 0 Å². The van der Waals surface area contributed by atoms with Crippen molar-refractivity contribution in [3.05, 3.63) is 0 Å². The maximum absolute atomic E-state index is 9.95. The lowest BCUT2D eigenvalue weighted by Gasteiger charge is -2.39. The minimum absolute atomic E-state index is 0.354. The Balaban J connectivity index is -0.000000537. The molecule has 1 saturated heterocycles. The average Bonchev–Trinajstić information content (AvgIpc) is 2.61. The van der Waals surface area contributed by atoms with Gasteiger partial charge < -0.3 is 20.4 Å². The van der Waals surface area contributed by atoms with Gasteiger partial charge in [0, 0.05) is 40.4 Å². The molecule has 1 fully saturated rings. The van der Waals surface area contributed by atoms with Crippen LogP contribution in [0, 0.1) is 0 Å². The lowest BCUT2D eigenvalue weighted by Crippen LogP contribution is -2.58. The van der Waals surface area contributed by atoms with Crippen LogP contribution < -0.4 is 0 Å². The number of hydrogen-bond donors (Lipinski definition) is 6. The summed E-state index contributed by atoms with van der Waals surface area (Å²) in [6, 6.07) is 0. The summed E-state index contributed by atoms with van der Waals surface area (Å²) in [4.78, 5) is 27.0. The molecular weight excluding hydrogens is 416 g/mol. The lowest BCUT2D eigenvalue weighted by molar-refractivity contribution is -0.493. The topological polar surface area (TPSA) is 186 Å². The normalized spacial score (nSPS) is 17.1. The van der Waals surface area contributed by atoms with E-state index < -0.39 is 17.9 Å². The van der Waals surface area contributed by atoms with E-state index in [1.54, 1.807) is 0 Å². The molecule has 13 nitrogen and oxygen atoms in total. The van der Waals surface area contributed by atoms with Crippen molar-refractivity contribution >= 4 is 17.9 Å². The highest BCUT2D eigenvalue weighted by Crippen LogP contribution is 2.12. The van der Waals surface area contributed by atoms with Crippen molar-refractivity contribution < 1.29 is 45.2 Å². The molecular formula is C18H40N4O9. The van der Waals surface area contributed by atoms with E-state index >= 15 is 0 Å². The summed E-state index contributed by atoms with van der Waals surface area (Å²) in [5, 5.41) is 55.9. The molecule has 0 aliphatic carbocycles. The number of carboxylic acid groups (broad SMARTS) is 3. The van der Waals surface area contributed by atoms with Crippen LogP contribution in [0.5, 0.6) is 0 Å². The van der Waals surface area contributed by atoms with Gasteiger partial charge in [-0.05, 0) is 24.5 Å². The molecule has 31 heavy (non-hydrogen) atoms. The molecule has 0 aromatic rings. The van der Waals surface area contributed by atoms with Crippen molar-refractivity contribution in [1.82, 2.24) is 20.6 Å². The molecule has 0 unspecified atom stereocenters. The third-order valence-electron chi connectivity index (χ3n) is 3.37. The molecule has 6 N–H and O–H groups in total. The smallest absolute Gasteiger partial charge is 0.300 e. The van der Waals surface area contributed by atoms with Gasteiger partial charge in [-0.1, -0.05) is 37.8 Å². The molecule has 0 atom stereocenters. The molecule has 1 rings (SSSR count). The number of nitrogens with zero attached hydrogens (tertiary/aromatic N) is 4. The number of aliphatic hydroxyl groups is 1. The molecule has 0 amide bonds. The molecule has 0 bridgehead atoms. The highest BCUT2D eigenvalue weighted by Gasteiger charge is 2.24. The molecule has 0 spiro atoms. The van der Waals surface area contributed by atoms with E-state index in [0.29, 0.717) is 11.8 Å². The number of carboxylic acids is 3. The fraction of sp³-hybridized carbons (Fsp3) is 0.833. The number of aliphatic carboxylic acids is 3. The zero-order valence-corrected chi connectivity index (χ0v) is 19.0. The van der Waals surface area contributed by atoms with Crippen LogP contribution in [-0.2, 0) is 14.4 Å². The van der Waals surface area contributed by atoms with E-state index in [2.05, 4.69) is 0 Å². The fourth-order valence-corrected chi connectivity index (χ4v) is 2.32. The van der Waals surface area contributed by atoms with Gasteiger partial charge in [0.25, 0.3) is 17.9 Å². The second-order valence-electron chi connectivity index (χ2n) is 6.51. The fourth-order valence-electron chi connectivity index (χ4n) is 2.32. The number of rotatable bonds is 3. The predicted octanol–water partition coefficient (Wildman–Crippen LogP) is 1.70. The number of aliphatic hydroxyl groups excluding tert-OH is 1. The van der Waals surface area contributed by atoms with E-state index in [4.69, 9.17) is 29.7 Å².